The van der Waals surface area contributed by atoms with Gasteiger partial charge in [0.2, 0.25) is 5.91 Å². The summed E-state index contributed by atoms with van der Waals surface area (Å²) < 4.78 is 11.4. The summed E-state index contributed by atoms with van der Waals surface area (Å²) >= 11 is 0. The minimum absolute atomic E-state index is 0.116. The highest BCUT2D eigenvalue weighted by Crippen LogP contribution is 2.22. The van der Waals surface area contributed by atoms with Crippen LogP contribution >= 0.6 is 0 Å². The summed E-state index contributed by atoms with van der Waals surface area (Å²) in [6.45, 7) is 8.98. The minimum atomic E-state index is -0.587. The lowest BCUT2D eigenvalue weighted by Gasteiger charge is -2.35. The van der Waals surface area contributed by atoms with Crippen molar-refractivity contribution in [1.82, 2.24) is 4.90 Å². The van der Waals surface area contributed by atoms with Gasteiger partial charge in [-0.15, -0.1) is 0 Å². The number of hydrogen-bond acceptors (Lipinski definition) is 4. The van der Waals surface area contributed by atoms with Crippen LogP contribution in [-0.2, 0) is 20.8 Å². The number of carbonyl (C=O) groups is 1. The third-order valence-electron chi connectivity index (χ3n) is 4.44. The Balaban J connectivity index is 2.36. The Kier molecular flexibility index (Phi) is 7.57. The molecule has 0 radical (unpaired) electrons. The Hall–Kier alpha value is -1.95. The van der Waals surface area contributed by atoms with Crippen molar-refractivity contribution in [3.63, 3.8) is 0 Å². The highest BCUT2D eigenvalue weighted by Gasteiger charge is 2.30. The summed E-state index contributed by atoms with van der Waals surface area (Å²) in [6.07, 6.45) is -0.484. The molecule has 0 bridgehead atoms. The number of nitrogens with two attached hydrogens (primary N) is 1. The maximum Gasteiger partial charge on any atom is 0.239 e. The van der Waals surface area contributed by atoms with Gasteiger partial charge in [-0.3, -0.25) is 4.79 Å². The van der Waals surface area contributed by atoms with Gasteiger partial charge in [0.25, 0.3) is 0 Å². The van der Waals surface area contributed by atoms with E-state index in [1.165, 1.54) is 0 Å². The zero-order chi connectivity index (χ0) is 19.1. The first-order valence-corrected chi connectivity index (χ1v) is 9.25. The fourth-order valence-corrected chi connectivity index (χ4v) is 3.10. The quantitative estimate of drug-likeness (QED) is 0.699. The fraction of sp³-hybridized carbons (Fsp3) is 0.476. The van der Waals surface area contributed by atoms with Crippen molar-refractivity contribution >= 4 is 16.7 Å². The van der Waals surface area contributed by atoms with E-state index in [1.54, 1.807) is 11.8 Å². The average molecular weight is 358 g/mol. The molecular weight excluding hydrogens is 328 g/mol. The molecule has 0 unspecified atom stereocenters. The molecule has 0 heterocycles. The zero-order valence-electron chi connectivity index (χ0n) is 16.1. The molecule has 0 saturated carbocycles. The van der Waals surface area contributed by atoms with Crippen LogP contribution in [0.15, 0.2) is 42.5 Å². The molecule has 5 heteroatoms. The number of ether oxygens (including phenoxy) is 2. The van der Waals surface area contributed by atoms with Crippen LogP contribution in [0.4, 0.5) is 0 Å². The molecule has 0 aliphatic carbocycles. The first-order chi connectivity index (χ1) is 12.5. The number of amides is 1. The molecule has 0 aromatic heterocycles. The van der Waals surface area contributed by atoms with Gasteiger partial charge in [0.05, 0.1) is 12.1 Å². The number of rotatable bonds is 9. The van der Waals surface area contributed by atoms with E-state index in [9.17, 15) is 4.79 Å². The van der Waals surface area contributed by atoms with E-state index in [1.807, 2.05) is 45.0 Å². The molecule has 5 nitrogen and oxygen atoms in total. The van der Waals surface area contributed by atoms with Gasteiger partial charge in [0.15, 0.2) is 6.29 Å². The van der Waals surface area contributed by atoms with Crippen LogP contribution in [0.25, 0.3) is 10.8 Å². The van der Waals surface area contributed by atoms with Crippen molar-refractivity contribution in [3.8, 4) is 0 Å². The lowest BCUT2D eigenvalue weighted by Crippen LogP contribution is -2.51. The largest absolute Gasteiger partial charge is 0.351 e. The zero-order valence-corrected chi connectivity index (χ0v) is 16.1. The van der Waals surface area contributed by atoms with Gasteiger partial charge in [0, 0.05) is 19.8 Å². The molecule has 142 valence electrons. The van der Waals surface area contributed by atoms with Crippen molar-refractivity contribution in [2.75, 3.05) is 13.2 Å². The minimum Gasteiger partial charge on any atom is -0.351 e. The monoisotopic (exact) mass is 358 g/mol. The molecule has 0 spiro atoms. The second-order valence-electron chi connectivity index (χ2n) is 6.41. The van der Waals surface area contributed by atoms with Crippen LogP contribution in [0.2, 0.25) is 0 Å². The second-order valence-corrected chi connectivity index (χ2v) is 6.41. The van der Waals surface area contributed by atoms with Gasteiger partial charge < -0.3 is 20.1 Å². The van der Waals surface area contributed by atoms with Crippen LogP contribution in [0.3, 0.4) is 0 Å². The maximum absolute atomic E-state index is 12.8. The molecule has 2 N–H and O–H groups in total. The topological polar surface area (TPSA) is 64.8 Å². The lowest BCUT2D eigenvalue weighted by molar-refractivity contribution is -0.179. The number of carbonyl (C=O) groups excluding carboxylic acids is 1. The van der Waals surface area contributed by atoms with Gasteiger partial charge in [0.1, 0.15) is 0 Å². The molecule has 0 aliphatic heterocycles. The summed E-state index contributed by atoms with van der Waals surface area (Å²) in [5, 5.41) is 2.28. The van der Waals surface area contributed by atoms with Crippen molar-refractivity contribution < 1.29 is 14.3 Å². The van der Waals surface area contributed by atoms with Crippen molar-refractivity contribution in [3.05, 3.63) is 48.0 Å². The Morgan fingerprint density at radius 3 is 2.27 bits per heavy atom. The third-order valence-corrected chi connectivity index (χ3v) is 4.44. The third kappa shape index (κ3) is 4.81. The molecule has 0 fully saturated rings. The van der Waals surface area contributed by atoms with Gasteiger partial charge in [-0.05, 0) is 44.0 Å². The van der Waals surface area contributed by atoms with E-state index >= 15 is 0 Å². The fourth-order valence-electron chi connectivity index (χ4n) is 3.10. The van der Waals surface area contributed by atoms with E-state index in [4.69, 9.17) is 15.2 Å². The van der Waals surface area contributed by atoms with Gasteiger partial charge in [-0.25, -0.2) is 0 Å². The van der Waals surface area contributed by atoms with Gasteiger partial charge >= 0.3 is 0 Å². The van der Waals surface area contributed by atoms with Crippen molar-refractivity contribution in [2.45, 2.75) is 52.6 Å². The highest BCUT2D eigenvalue weighted by atomic mass is 16.7. The molecule has 26 heavy (non-hydrogen) atoms. The van der Waals surface area contributed by atoms with Gasteiger partial charge in [-0.1, -0.05) is 42.5 Å². The average Bonchev–Trinajstić information content (AvgIpc) is 2.65. The van der Waals surface area contributed by atoms with Crippen LogP contribution in [0, 0.1) is 0 Å². The lowest BCUT2D eigenvalue weighted by atomic mass is 10.0. The predicted molar refractivity (Wildman–Crippen MR) is 105 cm³/mol. The maximum atomic E-state index is 12.8. The highest BCUT2D eigenvalue weighted by molar-refractivity contribution is 5.87. The Bertz CT molecular complexity index is 706. The molecule has 1 amide bonds. The molecule has 0 saturated heterocycles. The summed E-state index contributed by atoms with van der Waals surface area (Å²) in [5.74, 6) is -0.116. The smallest absolute Gasteiger partial charge is 0.239 e. The Morgan fingerprint density at radius 1 is 1.04 bits per heavy atom. The summed E-state index contributed by atoms with van der Waals surface area (Å²) in [6, 6.07) is 13.5. The van der Waals surface area contributed by atoms with Crippen molar-refractivity contribution in [1.29, 1.82) is 0 Å². The van der Waals surface area contributed by atoms with E-state index in [2.05, 4.69) is 18.2 Å². The van der Waals surface area contributed by atoms with E-state index in [0.717, 1.165) is 16.3 Å². The molecular formula is C21H30N2O3. The van der Waals surface area contributed by atoms with Gasteiger partial charge in [-0.2, -0.15) is 0 Å². The Morgan fingerprint density at radius 2 is 1.65 bits per heavy atom. The standard InChI is InChI=1S/C21H30N2O3/c1-5-25-21(26-6-2)16(4)23(20(24)15(3)22)14-18-12-9-11-17-10-7-8-13-19(17)18/h7-13,15-16,21H,5-6,14,22H2,1-4H3/t15-,16+/m0/s1. The predicted octanol–water partition coefficient (Wildman–Crippen LogP) is 3.30. The van der Waals surface area contributed by atoms with Crippen LogP contribution in [-0.4, -0.2) is 42.4 Å². The van der Waals surface area contributed by atoms with E-state index < -0.39 is 12.3 Å². The van der Waals surface area contributed by atoms with Crippen LogP contribution in [0.1, 0.15) is 33.3 Å². The molecule has 2 aromatic carbocycles. The number of fused-ring (bicyclic) bond motifs is 1. The first kappa shape index (κ1) is 20.4. The number of benzene rings is 2. The van der Waals surface area contributed by atoms with E-state index in [0.29, 0.717) is 19.8 Å². The van der Waals surface area contributed by atoms with Crippen LogP contribution in [0.5, 0.6) is 0 Å². The summed E-state index contributed by atoms with van der Waals surface area (Å²) in [7, 11) is 0. The molecule has 2 atom stereocenters. The normalized spacial score (nSPS) is 13.8. The summed E-state index contributed by atoms with van der Waals surface area (Å²) in [4.78, 5) is 14.6. The number of nitrogens with zero attached hydrogens (tertiary/aromatic N) is 1. The molecule has 2 aromatic rings. The number of hydrogen-bond donors (Lipinski definition) is 1. The first-order valence-electron chi connectivity index (χ1n) is 9.25. The Labute approximate surface area is 156 Å². The second kappa shape index (κ2) is 9.67. The van der Waals surface area contributed by atoms with E-state index in [-0.39, 0.29) is 11.9 Å². The van der Waals surface area contributed by atoms with Crippen molar-refractivity contribution in [2.24, 2.45) is 5.73 Å². The SMILES string of the molecule is CCOC(OCC)[C@@H](C)N(Cc1cccc2ccccc12)C(=O)[C@H](C)N. The molecule has 2 rings (SSSR count). The van der Waals surface area contributed by atoms with Crippen LogP contribution < -0.4 is 5.73 Å². The molecule has 0 aliphatic rings. The summed E-state index contributed by atoms with van der Waals surface area (Å²) in [5.41, 5.74) is 7.00.